The quantitative estimate of drug-likeness (QED) is 0.368. The molecule has 0 unspecified atom stereocenters. The van der Waals surface area contributed by atoms with E-state index in [0.29, 0.717) is 17.1 Å². The van der Waals surface area contributed by atoms with Crippen molar-refractivity contribution in [2.24, 2.45) is 5.16 Å². The van der Waals surface area contributed by atoms with Gasteiger partial charge in [0.05, 0.1) is 17.7 Å². The number of thiophene rings is 2. The lowest BCUT2D eigenvalue weighted by Gasteiger charge is -2.04. The molecule has 2 aromatic heterocycles. The maximum atomic E-state index is 11.8. The average molecular weight is 372 g/mol. The highest BCUT2D eigenvalue weighted by Crippen LogP contribution is 2.31. The van der Waals surface area contributed by atoms with E-state index >= 15 is 0 Å². The molecule has 0 atom stereocenters. The smallest absolute Gasteiger partial charge is 0.437 e. The normalized spacial score (nSPS) is 11.2. The van der Waals surface area contributed by atoms with E-state index < -0.39 is 6.09 Å². The van der Waals surface area contributed by atoms with E-state index in [1.807, 2.05) is 30.5 Å². The van der Waals surface area contributed by atoms with Crippen LogP contribution in [0.1, 0.15) is 11.8 Å². The van der Waals surface area contributed by atoms with Crippen molar-refractivity contribution < 1.29 is 14.4 Å². The Morgan fingerprint density at radius 1 is 1.08 bits per heavy atom. The van der Waals surface area contributed by atoms with Crippen LogP contribution in [0.4, 0.5) is 10.5 Å². The first kappa shape index (κ1) is 17.2. The highest BCUT2D eigenvalue weighted by atomic mass is 32.1. The van der Waals surface area contributed by atoms with Crippen molar-refractivity contribution in [2.45, 2.75) is 6.92 Å². The van der Waals surface area contributed by atoms with E-state index in [1.54, 1.807) is 54.0 Å². The number of hydrogen-bond acceptors (Lipinski definition) is 6. The van der Waals surface area contributed by atoms with Crippen LogP contribution in [0.25, 0.3) is 9.75 Å². The van der Waals surface area contributed by atoms with E-state index in [4.69, 9.17) is 9.57 Å². The van der Waals surface area contributed by atoms with Crippen LogP contribution >= 0.6 is 22.7 Å². The fraction of sp³-hybridized carbons (Fsp3) is 0.111. The second-order valence-corrected chi connectivity index (χ2v) is 7.08. The molecular formula is C18H16N2O3S2. The number of hydrogen-bond donors (Lipinski definition) is 1. The molecule has 0 fully saturated rings. The molecule has 0 radical (unpaired) electrons. The van der Waals surface area contributed by atoms with E-state index in [1.165, 1.54) is 9.75 Å². The summed E-state index contributed by atoms with van der Waals surface area (Å²) in [7, 11) is 1.59. The topological polar surface area (TPSA) is 59.9 Å². The number of nitrogens with one attached hydrogen (secondary N) is 1. The molecule has 0 aliphatic rings. The van der Waals surface area contributed by atoms with Gasteiger partial charge >= 0.3 is 6.09 Å². The summed E-state index contributed by atoms with van der Waals surface area (Å²) in [4.78, 5) is 20.1. The number of rotatable bonds is 5. The number of benzene rings is 1. The summed E-state index contributed by atoms with van der Waals surface area (Å²) >= 11 is 3.30. The third-order valence-corrected chi connectivity index (χ3v) is 5.59. The van der Waals surface area contributed by atoms with Gasteiger partial charge in [-0.2, -0.15) is 0 Å². The zero-order chi connectivity index (χ0) is 17.6. The molecule has 1 amide bonds. The maximum Gasteiger partial charge on any atom is 0.437 e. The van der Waals surface area contributed by atoms with E-state index in [2.05, 4.69) is 16.5 Å². The van der Waals surface area contributed by atoms with Crippen LogP contribution in [0.15, 0.2) is 59.1 Å². The van der Waals surface area contributed by atoms with Crippen molar-refractivity contribution >= 4 is 40.2 Å². The van der Waals surface area contributed by atoms with Crippen LogP contribution in [0.5, 0.6) is 5.75 Å². The maximum absolute atomic E-state index is 11.8. The van der Waals surface area contributed by atoms with E-state index in [-0.39, 0.29) is 0 Å². The Hall–Kier alpha value is -2.64. The monoisotopic (exact) mass is 372 g/mol. The third-order valence-electron chi connectivity index (χ3n) is 3.33. The van der Waals surface area contributed by atoms with Crippen molar-refractivity contribution in [1.29, 1.82) is 0 Å². The molecule has 7 heteroatoms. The van der Waals surface area contributed by atoms with Gasteiger partial charge in [0.25, 0.3) is 0 Å². The van der Waals surface area contributed by atoms with Gasteiger partial charge < -0.3 is 4.74 Å². The van der Waals surface area contributed by atoms with Crippen molar-refractivity contribution in [1.82, 2.24) is 0 Å². The van der Waals surface area contributed by atoms with Crippen LogP contribution in [0, 0.1) is 0 Å². The second kappa shape index (κ2) is 7.96. The van der Waals surface area contributed by atoms with Crippen LogP contribution in [-0.4, -0.2) is 18.9 Å². The molecule has 0 bridgehead atoms. The van der Waals surface area contributed by atoms with Crippen molar-refractivity contribution in [3.63, 3.8) is 0 Å². The lowest BCUT2D eigenvalue weighted by Crippen LogP contribution is -2.11. The first-order valence-corrected chi connectivity index (χ1v) is 9.16. The summed E-state index contributed by atoms with van der Waals surface area (Å²) in [5, 5.41) is 8.57. The Balaban J connectivity index is 1.59. The molecule has 0 saturated carbocycles. The Kier molecular flexibility index (Phi) is 5.47. The molecule has 128 valence electrons. The number of carbonyl (C=O) groups is 1. The van der Waals surface area contributed by atoms with Gasteiger partial charge in [-0.1, -0.05) is 11.2 Å². The lowest BCUT2D eigenvalue weighted by molar-refractivity contribution is 0.166. The van der Waals surface area contributed by atoms with Gasteiger partial charge in [0.15, 0.2) is 0 Å². The molecule has 0 aliphatic heterocycles. The van der Waals surface area contributed by atoms with Crippen LogP contribution < -0.4 is 10.1 Å². The highest BCUT2D eigenvalue weighted by molar-refractivity contribution is 7.22. The molecule has 3 rings (SSSR count). The lowest BCUT2D eigenvalue weighted by atomic mass is 10.3. The van der Waals surface area contributed by atoms with Gasteiger partial charge in [-0.3, -0.25) is 10.2 Å². The third kappa shape index (κ3) is 4.46. The fourth-order valence-corrected chi connectivity index (χ4v) is 3.83. The number of nitrogens with zero attached hydrogens (tertiary/aromatic N) is 1. The molecule has 2 heterocycles. The van der Waals surface area contributed by atoms with Gasteiger partial charge in [0.2, 0.25) is 0 Å². The Labute approximate surface area is 153 Å². The molecule has 5 nitrogen and oxygen atoms in total. The minimum Gasteiger partial charge on any atom is -0.497 e. The summed E-state index contributed by atoms with van der Waals surface area (Å²) in [6, 6.07) is 15.1. The summed E-state index contributed by atoms with van der Waals surface area (Å²) in [5.74, 6) is 0.715. The molecular weight excluding hydrogens is 356 g/mol. The summed E-state index contributed by atoms with van der Waals surface area (Å²) in [6.07, 6.45) is -0.639. The second-order valence-electron chi connectivity index (χ2n) is 5.05. The number of methoxy groups -OCH3 is 1. The van der Waals surface area contributed by atoms with Crippen molar-refractivity contribution in [2.75, 3.05) is 12.4 Å². The van der Waals surface area contributed by atoms with Gasteiger partial charge in [-0.15, -0.1) is 22.7 Å². The fourth-order valence-electron chi connectivity index (χ4n) is 2.05. The Morgan fingerprint density at radius 3 is 2.56 bits per heavy atom. The molecule has 25 heavy (non-hydrogen) atoms. The van der Waals surface area contributed by atoms with Crippen LogP contribution in [0.2, 0.25) is 0 Å². The van der Waals surface area contributed by atoms with Gasteiger partial charge in [-0.25, -0.2) is 4.79 Å². The standard InChI is InChI=1S/C18H16N2O3S2/c1-12(15-9-10-17(25-15)16-4-3-11-24-16)20-23-18(21)19-13-5-7-14(22-2)8-6-13/h3-11H,1-2H3,(H,19,21)/b20-12+. The summed E-state index contributed by atoms with van der Waals surface area (Å²) < 4.78 is 5.07. The van der Waals surface area contributed by atoms with Crippen LogP contribution in [0.3, 0.4) is 0 Å². The Morgan fingerprint density at radius 2 is 1.88 bits per heavy atom. The number of oxime groups is 1. The number of carbonyl (C=O) groups excluding carboxylic acids is 1. The molecule has 0 spiro atoms. The number of amides is 1. The first-order chi connectivity index (χ1) is 12.2. The molecule has 1 N–H and O–H groups in total. The minimum atomic E-state index is -0.639. The molecule has 0 saturated heterocycles. The highest BCUT2D eigenvalue weighted by Gasteiger charge is 2.08. The zero-order valence-corrected chi connectivity index (χ0v) is 15.3. The minimum absolute atomic E-state index is 0.606. The van der Waals surface area contributed by atoms with E-state index in [0.717, 1.165) is 4.88 Å². The largest absolute Gasteiger partial charge is 0.497 e. The van der Waals surface area contributed by atoms with Crippen LogP contribution in [-0.2, 0) is 4.84 Å². The van der Waals surface area contributed by atoms with Crippen molar-refractivity contribution in [3.05, 3.63) is 58.8 Å². The van der Waals surface area contributed by atoms with Crippen molar-refractivity contribution in [3.8, 4) is 15.5 Å². The summed E-state index contributed by atoms with van der Waals surface area (Å²) in [5.41, 5.74) is 1.26. The number of anilines is 1. The number of ether oxygens (including phenoxy) is 1. The zero-order valence-electron chi connectivity index (χ0n) is 13.7. The van der Waals surface area contributed by atoms with E-state index in [9.17, 15) is 4.79 Å². The Bertz CT molecular complexity index is 868. The first-order valence-electron chi connectivity index (χ1n) is 7.46. The van der Waals surface area contributed by atoms with Gasteiger partial charge in [0, 0.05) is 15.4 Å². The predicted molar refractivity (Wildman–Crippen MR) is 103 cm³/mol. The predicted octanol–water partition coefficient (Wildman–Crippen LogP) is 5.46. The van der Waals surface area contributed by atoms with Gasteiger partial charge in [-0.05, 0) is 54.8 Å². The molecule has 3 aromatic rings. The summed E-state index contributed by atoms with van der Waals surface area (Å²) in [6.45, 7) is 1.81. The van der Waals surface area contributed by atoms with Gasteiger partial charge in [0.1, 0.15) is 5.75 Å². The molecule has 0 aliphatic carbocycles. The molecule has 1 aromatic carbocycles. The average Bonchev–Trinajstić information content (AvgIpc) is 3.31. The SMILES string of the molecule is COc1ccc(NC(=O)O/N=C(\C)c2ccc(-c3cccs3)s2)cc1.